The van der Waals surface area contributed by atoms with Crippen LogP contribution in [0.25, 0.3) is 10.8 Å². The summed E-state index contributed by atoms with van der Waals surface area (Å²) in [6, 6.07) is 11.4. The van der Waals surface area contributed by atoms with Crippen LogP contribution in [0, 0.1) is 5.41 Å². The van der Waals surface area contributed by atoms with E-state index in [4.69, 9.17) is 0 Å². The van der Waals surface area contributed by atoms with Crippen molar-refractivity contribution in [1.29, 1.82) is 0 Å². The molecule has 5 heteroatoms. The lowest BCUT2D eigenvalue weighted by molar-refractivity contribution is -0.159. The number of nitrogens with one attached hydrogen (secondary N) is 1. The maximum absolute atomic E-state index is 12.2. The van der Waals surface area contributed by atoms with Gasteiger partial charge < -0.3 is 10.4 Å². The number of halogens is 1. The van der Waals surface area contributed by atoms with E-state index in [-0.39, 0.29) is 0 Å². The number of carboxylic acids is 1. The Kier molecular flexibility index (Phi) is 3.45. The second kappa shape index (κ2) is 5.15. The van der Waals surface area contributed by atoms with E-state index in [1.807, 2.05) is 30.3 Å². The van der Waals surface area contributed by atoms with Gasteiger partial charge in [-0.15, -0.1) is 0 Å². The van der Waals surface area contributed by atoms with E-state index in [2.05, 4.69) is 21.2 Å². The van der Waals surface area contributed by atoms with Crippen molar-refractivity contribution in [2.75, 3.05) is 5.32 Å². The predicted octanol–water partition coefficient (Wildman–Crippen LogP) is 3.80. The van der Waals surface area contributed by atoms with Crippen molar-refractivity contribution in [1.82, 2.24) is 0 Å². The zero-order valence-corrected chi connectivity index (χ0v) is 12.8. The quantitative estimate of drug-likeness (QED) is 0.830. The molecule has 0 bridgehead atoms. The molecule has 0 radical (unpaired) electrons. The monoisotopic (exact) mass is 347 g/mol. The lowest BCUT2D eigenvalue weighted by Crippen LogP contribution is -2.48. The molecule has 1 aliphatic carbocycles. The molecule has 2 aromatic rings. The van der Waals surface area contributed by atoms with Crippen molar-refractivity contribution in [2.45, 2.75) is 19.3 Å². The second-order valence-electron chi connectivity index (χ2n) is 5.40. The number of anilines is 1. The number of hydrogen-bond donors (Lipinski definition) is 2. The molecular formula is C16H14BrNO3. The molecule has 1 aliphatic rings. The highest BCUT2D eigenvalue weighted by Gasteiger charge is 2.51. The zero-order chi connectivity index (χ0) is 15.0. The fourth-order valence-electron chi connectivity index (χ4n) is 2.61. The van der Waals surface area contributed by atoms with E-state index in [9.17, 15) is 14.7 Å². The van der Waals surface area contributed by atoms with Crippen LogP contribution in [0.2, 0.25) is 0 Å². The lowest BCUT2D eigenvalue weighted by atomic mass is 9.68. The minimum atomic E-state index is -1.24. The Hall–Kier alpha value is -1.88. The fourth-order valence-corrected chi connectivity index (χ4v) is 2.99. The number of amides is 1. The van der Waals surface area contributed by atoms with E-state index in [1.165, 1.54) is 0 Å². The van der Waals surface area contributed by atoms with Crippen LogP contribution >= 0.6 is 15.9 Å². The highest BCUT2D eigenvalue weighted by molar-refractivity contribution is 9.10. The average Bonchev–Trinajstić information content (AvgIpc) is 2.37. The Morgan fingerprint density at radius 1 is 1.10 bits per heavy atom. The lowest BCUT2D eigenvalue weighted by Gasteiger charge is -2.35. The zero-order valence-electron chi connectivity index (χ0n) is 11.2. The minimum Gasteiger partial charge on any atom is -0.480 e. The van der Waals surface area contributed by atoms with E-state index in [1.54, 1.807) is 6.07 Å². The first-order chi connectivity index (χ1) is 10.0. The molecule has 108 valence electrons. The Balaban J connectivity index is 1.86. The summed E-state index contributed by atoms with van der Waals surface area (Å²) in [4.78, 5) is 23.6. The molecule has 0 aromatic heterocycles. The molecule has 0 unspecified atom stereocenters. The van der Waals surface area contributed by atoms with Crippen LogP contribution in [0.3, 0.4) is 0 Å². The largest absolute Gasteiger partial charge is 0.480 e. The molecule has 1 saturated carbocycles. The normalized spacial score (nSPS) is 16.2. The van der Waals surface area contributed by atoms with Gasteiger partial charge in [0.25, 0.3) is 0 Å². The molecule has 4 nitrogen and oxygen atoms in total. The van der Waals surface area contributed by atoms with Crippen molar-refractivity contribution in [3.05, 3.63) is 40.9 Å². The summed E-state index contributed by atoms with van der Waals surface area (Å²) in [5.74, 6) is -1.45. The van der Waals surface area contributed by atoms with E-state index in [0.717, 1.165) is 21.7 Å². The van der Waals surface area contributed by atoms with E-state index >= 15 is 0 Å². The number of fused-ring (bicyclic) bond motifs is 1. The van der Waals surface area contributed by atoms with Crippen LogP contribution in [0.1, 0.15) is 19.3 Å². The van der Waals surface area contributed by atoms with Crippen LogP contribution in [-0.2, 0) is 9.59 Å². The smallest absolute Gasteiger partial charge is 0.319 e. The standard InChI is InChI=1S/C16H14BrNO3/c17-12-4-2-11-9-13(5-3-10(11)8-12)18-14(19)16(15(20)21)6-1-7-16/h2-5,8-9H,1,6-7H2,(H,18,19)(H,20,21). The third-order valence-electron chi connectivity index (χ3n) is 4.11. The first-order valence-corrected chi connectivity index (χ1v) is 7.55. The maximum atomic E-state index is 12.2. The summed E-state index contributed by atoms with van der Waals surface area (Å²) >= 11 is 3.42. The number of aliphatic carboxylic acids is 1. The van der Waals surface area contributed by atoms with Gasteiger partial charge in [-0.05, 0) is 47.9 Å². The number of carbonyl (C=O) groups excluding carboxylic acids is 1. The molecule has 2 aromatic carbocycles. The van der Waals surface area contributed by atoms with Crippen molar-refractivity contribution in [3.8, 4) is 0 Å². The van der Waals surface area contributed by atoms with Gasteiger partial charge in [0, 0.05) is 10.2 Å². The van der Waals surface area contributed by atoms with E-state index < -0.39 is 17.3 Å². The molecule has 0 saturated heterocycles. The molecule has 1 amide bonds. The third-order valence-corrected chi connectivity index (χ3v) is 4.60. The topological polar surface area (TPSA) is 66.4 Å². The molecular weight excluding hydrogens is 334 g/mol. The van der Waals surface area contributed by atoms with Gasteiger partial charge in [-0.3, -0.25) is 9.59 Å². The highest BCUT2D eigenvalue weighted by atomic mass is 79.9. The Bertz CT molecular complexity index is 737. The molecule has 0 atom stereocenters. The van der Waals surface area contributed by atoms with Gasteiger partial charge in [-0.2, -0.15) is 0 Å². The Morgan fingerprint density at radius 3 is 2.38 bits per heavy atom. The van der Waals surface area contributed by atoms with Gasteiger partial charge in [0.15, 0.2) is 0 Å². The van der Waals surface area contributed by atoms with Crippen molar-refractivity contribution in [3.63, 3.8) is 0 Å². The fraction of sp³-hybridized carbons (Fsp3) is 0.250. The van der Waals surface area contributed by atoms with Crippen LogP contribution in [0.4, 0.5) is 5.69 Å². The van der Waals surface area contributed by atoms with Gasteiger partial charge in [-0.25, -0.2) is 0 Å². The van der Waals surface area contributed by atoms with Gasteiger partial charge in [0.1, 0.15) is 5.41 Å². The van der Waals surface area contributed by atoms with Gasteiger partial charge in [-0.1, -0.05) is 34.5 Å². The van der Waals surface area contributed by atoms with Crippen LogP contribution in [0.5, 0.6) is 0 Å². The first kappa shape index (κ1) is 14.1. The SMILES string of the molecule is O=C(O)C1(C(=O)Nc2ccc3cc(Br)ccc3c2)CCC1. The first-order valence-electron chi connectivity index (χ1n) is 6.75. The second-order valence-corrected chi connectivity index (χ2v) is 6.32. The van der Waals surface area contributed by atoms with Crippen LogP contribution in [-0.4, -0.2) is 17.0 Å². The predicted molar refractivity (Wildman–Crippen MR) is 84.2 cm³/mol. The van der Waals surface area contributed by atoms with Gasteiger partial charge in [0.05, 0.1) is 0 Å². The number of benzene rings is 2. The summed E-state index contributed by atoms with van der Waals surface area (Å²) < 4.78 is 0.992. The number of rotatable bonds is 3. The third kappa shape index (κ3) is 2.42. The maximum Gasteiger partial charge on any atom is 0.319 e. The molecule has 1 fully saturated rings. The van der Waals surface area contributed by atoms with Crippen molar-refractivity contribution >= 4 is 44.3 Å². The molecule has 0 heterocycles. The number of hydrogen-bond acceptors (Lipinski definition) is 2. The van der Waals surface area contributed by atoms with Gasteiger partial charge >= 0.3 is 5.97 Å². The number of carbonyl (C=O) groups is 2. The molecule has 0 aliphatic heterocycles. The summed E-state index contributed by atoms with van der Waals surface area (Å²) in [5, 5.41) is 14.1. The Morgan fingerprint density at radius 2 is 1.76 bits per heavy atom. The van der Waals surface area contributed by atoms with Crippen molar-refractivity contribution in [2.24, 2.45) is 5.41 Å². The van der Waals surface area contributed by atoms with Gasteiger partial charge in [0.2, 0.25) is 5.91 Å². The summed E-state index contributed by atoms with van der Waals surface area (Å²) in [5.41, 5.74) is -0.614. The van der Waals surface area contributed by atoms with E-state index in [0.29, 0.717) is 18.5 Å². The minimum absolute atomic E-state index is 0.411. The molecule has 3 rings (SSSR count). The summed E-state index contributed by atoms with van der Waals surface area (Å²) in [6.07, 6.45) is 1.61. The summed E-state index contributed by atoms with van der Waals surface area (Å²) in [6.45, 7) is 0. The molecule has 2 N–H and O–H groups in total. The number of carboxylic acid groups (broad SMARTS) is 1. The van der Waals surface area contributed by atoms with Crippen LogP contribution < -0.4 is 5.32 Å². The van der Waals surface area contributed by atoms with Crippen molar-refractivity contribution < 1.29 is 14.7 Å². The average molecular weight is 348 g/mol. The Labute approximate surface area is 130 Å². The highest BCUT2D eigenvalue weighted by Crippen LogP contribution is 2.42. The van der Waals surface area contributed by atoms with Crippen LogP contribution in [0.15, 0.2) is 40.9 Å². The summed E-state index contributed by atoms with van der Waals surface area (Å²) in [7, 11) is 0. The molecule has 21 heavy (non-hydrogen) atoms. The molecule has 0 spiro atoms.